The van der Waals surface area contributed by atoms with E-state index in [2.05, 4.69) is 5.32 Å². The van der Waals surface area contributed by atoms with E-state index < -0.39 is 0 Å². The Morgan fingerprint density at radius 1 is 1.17 bits per heavy atom. The van der Waals surface area contributed by atoms with Gasteiger partial charge in [-0.3, -0.25) is 4.79 Å². The SMILES string of the molecule is O=C(Cc1ccc(Cl)cc1)NC1CCC(Cl)CC1. The molecule has 0 atom stereocenters. The van der Waals surface area contributed by atoms with Crippen LogP contribution in [-0.2, 0) is 11.2 Å². The molecule has 4 heteroatoms. The second-order valence-corrected chi connectivity index (χ2v) is 5.87. The molecule has 1 fully saturated rings. The molecule has 1 N–H and O–H groups in total. The van der Waals surface area contributed by atoms with E-state index in [-0.39, 0.29) is 11.3 Å². The Labute approximate surface area is 118 Å². The van der Waals surface area contributed by atoms with Crippen LogP contribution in [0.5, 0.6) is 0 Å². The highest BCUT2D eigenvalue weighted by Gasteiger charge is 2.20. The molecule has 0 bridgehead atoms. The minimum Gasteiger partial charge on any atom is -0.353 e. The average molecular weight is 286 g/mol. The lowest BCUT2D eigenvalue weighted by atomic mass is 9.95. The van der Waals surface area contributed by atoms with Gasteiger partial charge in [0.2, 0.25) is 5.91 Å². The van der Waals surface area contributed by atoms with Crippen molar-refractivity contribution in [1.82, 2.24) is 5.32 Å². The molecule has 0 spiro atoms. The third-order valence-electron chi connectivity index (χ3n) is 3.30. The molecule has 1 aromatic carbocycles. The summed E-state index contributed by atoms with van der Waals surface area (Å²) in [6.07, 6.45) is 4.37. The van der Waals surface area contributed by atoms with Crippen LogP contribution in [0.1, 0.15) is 31.2 Å². The Kier molecular flexibility index (Phi) is 4.90. The topological polar surface area (TPSA) is 29.1 Å². The lowest BCUT2D eigenvalue weighted by Gasteiger charge is -2.25. The van der Waals surface area contributed by atoms with E-state index in [1.54, 1.807) is 0 Å². The lowest BCUT2D eigenvalue weighted by Crippen LogP contribution is -2.38. The van der Waals surface area contributed by atoms with Crippen LogP contribution in [-0.4, -0.2) is 17.3 Å². The first-order valence-electron chi connectivity index (χ1n) is 6.31. The van der Waals surface area contributed by atoms with Crippen molar-refractivity contribution in [2.45, 2.75) is 43.5 Å². The molecule has 2 rings (SSSR count). The molecule has 1 aliphatic carbocycles. The molecule has 0 aliphatic heterocycles. The molecule has 0 unspecified atom stereocenters. The summed E-state index contributed by atoms with van der Waals surface area (Å²) in [5.41, 5.74) is 0.989. The summed E-state index contributed by atoms with van der Waals surface area (Å²) in [7, 11) is 0. The molecule has 2 nitrogen and oxygen atoms in total. The van der Waals surface area contributed by atoms with Gasteiger partial charge in [0.1, 0.15) is 0 Å². The quantitative estimate of drug-likeness (QED) is 0.846. The number of amides is 1. The summed E-state index contributed by atoms with van der Waals surface area (Å²) in [5.74, 6) is 0.0790. The molecule has 0 aromatic heterocycles. The number of rotatable bonds is 3. The molecule has 1 saturated carbocycles. The molecule has 1 aliphatic rings. The molecular weight excluding hydrogens is 269 g/mol. The van der Waals surface area contributed by atoms with Crippen molar-refractivity contribution in [3.63, 3.8) is 0 Å². The zero-order valence-corrected chi connectivity index (χ0v) is 11.7. The van der Waals surface area contributed by atoms with Crippen LogP contribution < -0.4 is 5.32 Å². The normalized spacial score (nSPS) is 23.7. The first-order valence-corrected chi connectivity index (χ1v) is 7.13. The molecule has 1 aromatic rings. The summed E-state index contributed by atoms with van der Waals surface area (Å²) in [5, 5.41) is 4.05. The third-order valence-corrected chi connectivity index (χ3v) is 3.99. The fraction of sp³-hybridized carbons (Fsp3) is 0.500. The Hall–Kier alpha value is -0.730. The number of hydrogen-bond acceptors (Lipinski definition) is 1. The molecule has 98 valence electrons. The van der Waals surface area contributed by atoms with E-state index in [4.69, 9.17) is 23.2 Å². The van der Waals surface area contributed by atoms with E-state index in [9.17, 15) is 4.79 Å². The second kappa shape index (κ2) is 6.44. The van der Waals surface area contributed by atoms with Crippen LogP contribution in [0.15, 0.2) is 24.3 Å². The van der Waals surface area contributed by atoms with Crippen LogP contribution in [0.2, 0.25) is 5.02 Å². The fourth-order valence-corrected chi connectivity index (χ4v) is 2.64. The van der Waals surface area contributed by atoms with Crippen LogP contribution in [0.25, 0.3) is 0 Å². The van der Waals surface area contributed by atoms with E-state index in [0.29, 0.717) is 17.5 Å². The van der Waals surface area contributed by atoms with Crippen molar-refractivity contribution >= 4 is 29.1 Å². The largest absolute Gasteiger partial charge is 0.353 e. The van der Waals surface area contributed by atoms with Gasteiger partial charge in [-0.25, -0.2) is 0 Å². The van der Waals surface area contributed by atoms with Crippen LogP contribution in [0, 0.1) is 0 Å². The van der Waals surface area contributed by atoms with Gasteiger partial charge in [0, 0.05) is 16.4 Å². The summed E-state index contributed by atoms with van der Waals surface area (Å²) in [6.45, 7) is 0. The first-order chi connectivity index (χ1) is 8.63. The highest BCUT2D eigenvalue weighted by Crippen LogP contribution is 2.22. The fourth-order valence-electron chi connectivity index (χ4n) is 2.26. The van der Waals surface area contributed by atoms with E-state index in [1.807, 2.05) is 24.3 Å². The molecule has 1 amide bonds. The Bertz CT molecular complexity index is 397. The van der Waals surface area contributed by atoms with E-state index in [0.717, 1.165) is 31.2 Å². The van der Waals surface area contributed by atoms with Crippen LogP contribution >= 0.6 is 23.2 Å². The van der Waals surface area contributed by atoms with Gasteiger partial charge in [-0.1, -0.05) is 23.7 Å². The van der Waals surface area contributed by atoms with Gasteiger partial charge in [-0.05, 0) is 43.4 Å². The summed E-state index contributed by atoms with van der Waals surface area (Å²) < 4.78 is 0. The number of hydrogen-bond donors (Lipinski definition) is 1. The van der Waals surface area contributed by atoms with Gasteiger partial charge < -0.3 is 5.32 Å². The number of benzene rings is 1. The monoisotopic (exact) mass is 285 g/mol. The van der Waals surface area contributed by atoms with Gasteiger partial charge in [0.05, 0.1) is 6.42 Å². The smallest absolute Gasteiger partial charge is 0.224 e. The number of carbonyl (C=O) groups is 1. The highest BCUT2D eigenvalue weighted by molar-refractivity contribution is 6.30. The Balaban J connectivity index is 1.80. The summed E-state index contributed by atoms with van der Waals surface area (Å²) >= 11 is 11.8. The molecule has 0 heterocycles. The Morgan fingerprint density at radius 2 is 1.78 bits per heavy atom. The van der Waals surface area contributed by atoms with Crippen LogP contribution in [0.3, 0.4) is 0 Å². The van der Waals surface area contributed by atoms with Gasteiger partial charge >= 0.3 is 0 Å². The second-order valence-electron chi connectivity index (χ2n) is 4.82. The standard InChI is InChI=1S/C14H17Cl2NO/c15-11-3-1-10(2-4-11)9-14(18)17-13-7-5-12(16)6-8-13/h1-4,12-13H,5-9H2,(H,17,18). The van der Waals surface area contributed by atoms with Gasteiger partial charge in [0.15, 0.2) is 0 Å². The zero-order valence-electron chi connectivity index (χ0n) is 10.2. The minimum atomic E-state index is 0.0790. The molecule has 18 heavy (non-hydrogen) atoms. The number of carbonyl (C=O) groups excluding carboxylic acids is 1. The predicted octanol–water partition coefficient (Wildman–Crippen LogP) is 3.55. The third kappa shape index (κ3) is 4.18. The molecule has 0 saturated heterocycles. The van der Waals surface area contributed by atoms with Crippen molar-refractivity contribution in [3.05, 3.63) is 34.9 Å². The number of alkyl halides is 1. The lowest BCUT2D eigenvalue weighted by molar-refractivity contribution is -0.121. The minimum absolute atomic E-state index is 0.0790. The highest BCUT2D eigenvalue weighted by atomic mass is 35.5. The maximum atomic E-state index is 11.9. The number of nitrogens with one attached hydrogen (secondary N) is 1. The van der Waals surface area contributed by atoms with Crippen molar-refractivity contribution in [2.24, 2.45) is 0 Å². The first kappa shape index (κ1) is 13.7. The van der Waals surface area contributed by atoms with Gasteiger partial charge in [-0.2, -0.15) is 0 Å². The average Bonchev–Trinajstić information content (AvgIpc) is 2.35. The zero-order chi connectivity index (χ0) is 13.0. The van der Waals surface area contributed by atoms with Crippen LogP contribution in [0.4, 0.5) is 0 Å². The molecule has 0 radical (unpaired) electrons. The maximum Gasteiger partial charge on any atom is 0.224 e. The van der Waals surface area contributed by atoms with Crippen molar-refractivity contribution in [3.8, 4) is 0 Å². The van der Waals surface area contributed by atoms with E-state index >= 15 is 0 Å². The Morgan fingerprint density at radius 3 is 2.39 bits per heavy atom. The number of halogens is 2. The predicted molar refractivity (Wildman–Crippen MR) is 75.2 cm³/mol. The maximum absolute atomic E-state index is 11.9. The van der Waals surface area contributed by atoms with Gasteiger partial charge in [-0.15, -0.1) is 11.6 Å². The van der Waals surface area contributed by atoms with Crippen molar-refractivity contribution < 1.29 is 4.79 Å². The van der Waals surface area contributed by atoms with Crippen molar-refractivity contribution in [1.29, 1.82) is 0 Å². The summed E-state index contributed by atoms with van der Waals surface area (Å²) in [4.78, 5) is 11.9. The van der Waals surface area contributed by atoms with Gasteiger partial charge in [0.25, 0.3) is 0 Å². The van der Waals surface area contributed by atoms with E-state index in [1.165, 1.54) is 0 Å². The molecular formula is C14H17Cl2NO. The summed E-state index contributed by atoms with van der Waals surface area (Å²) in [6, 6.07) is 7.68. The van der Waals surface area contributed by atoms with Crippen molar-refractivity contribution in [2.75, 3.05) is 0 Å².